The monoisotopic (exact) mass is 422 g/mol. The number of carbonyl (C=O) groups excluding carboxylic acids is 2. The number of benzene rings is 2. The van der Waals surface area contributed by atoms with E-state index in [0.29, 0.717) is 18.8 Å². The van der Waals surface area contributed by atoms with Gasteiger partial charge in [0.25, 0.3) is 5.91 Å². The highest BCUT2D eigenvalue weighted by Crippen LogP contribution is 2.31. The molecule has 0 spiro atoms. The first-order valence-electron chi connectivity index (χ1n) is 11.0. The molecule has 0 saturated carbocycles. The molecule has 0 radical (unpaired) electrons. The molecule has 0 bridgehead atoms. The van der Waals surface area contributed by atoms with Gasteiger partial charge in [-0.05, 0) is 17.7 Å². The Bertz CT molecular complexity index is 881. The van der Waals surface area contributed by atoms with Gasteiger partial charge in [-0.3, -0.25) is 19.4 Å². The van der Waals surface area contributed by atoms with Gasteiger partial charge in [-0.25, -0.2) is 0 Å². The van der Waals surface area contributed by atoms with Gasteiger partial charge in [-0.2, -0.15) is 0 Å². The lowest BCUT2D eigenvalue weighted by atomic mass is 10.2. The molecule has 7 heteroatoms. The second-order valence-corrected chi connectivity index (χ2v) is 8.01. The Balaban J connectivity index is 1.14. The number of rotatable bonds is 8. The van der Waals surface area contributed by atoms with Crippen molar-refractivity contribution in [2.75, 3.05) is 57.3 Å². The molecule has 164 valence electrons. The van der Waals surface area contributed by atoms with Crippen LogP contribution in [0.1, 0.15) is 12.0 Å². The number of para-hydroxylation sites is 2. The first-order chi connectivity index (χ1) is 15.2. The van der Waals surface area contributed by atoms with Crippen LogP contribution in [0.4, 0.5) is 5.69 Å². The van der Waals surface area contributed by atoms with Crippen molar-refractivity contribution < 1.29 is 14.3 Å². The van der Waals surface area contributed by atoms with Crippen LogP contribution < -0.4 is 15.0 Å². The average molecular weight is 423 g/mol. The summed E-state index contributed by atoms with van der Waals surface area (Å²) < 4.78 is 5.44. The molecule has 2 aromatic carbocycles. The van der Waals surface area contributed by atoms with Crippen LogP contribution in [0.5, 0.6) is 5.75 Å². The second-order valence-electron chi connectivity index (χ2n) is 8.01. The van der Waals surface area contributed by atoms with E-state index in [4.69, 9.17) is 4.74 Å². The number of hydrogen-bond donors (Lipinski definition) is 1. The summed E-state index contributed by atoms with van der Waals surface area (Å²) in [4.78, 5) is 31.0. The number of piperazine rings is 1. The minimum absolute atomic E-state index is 0.0227. The van der Waals surface area contributed by atoms with Crippen molar-refractivity contribution in [3.8, 4) is 5.75 Å². The molecule has 0 unspecified atom stereocenters. The summed E-state index contributed by atoms with van der Waals surface area (Å²) >= 11 is 0. The van der Waals surface area contributed by atoms with Crippen LogP contribution in [0.2, 0.25) is 0 Å². The summed E-state index contributed by atoms with van der Waals surface area (Å²) in [7, 11) is 0. The SMILES string of the molecule is O=C(CCN1C(=O)COc2ccccc21)NCCN1CCN(Cc2ccccc2)CC1. The van der Waals surface area contributed by atoms with Gasteiger partial charge in [0, 0.05) is 58.8 Å². The van der Waals surface area contributed by atoms with Crippen LogP contribution in [0.15, 0.2) is 54.6 Å². The van der Waals surface area contributed by atoms with E-state index in [1.807, 2.05) is 30.3 Å². The van der Waals surface area contributed by atoms with Gasteiger partial charge in [0.1, 0.15) is 5.75 Å². The third kappa shape index (κ3) is 5.83. The number of fused-ring (bicyclic) bond motifs is 1. The van der Waals surface area contributed by atoms with Gasteiger partial charge in [-0.1, -0.05) is 42.5 Å². The molecule has 1 saturated heterocycles. The maximum atomic E-state index is 12.3. The fourth-order valence-corrected chi connectivity index (χ4v) is 4.07. The highest BCUT2D eigenvalue weighted by molar-refractivity contribution is 5.98. The number of hydrogen-bond acceptors (Lipinski definition) is 5. The first kappa shape index (κ1) is 21.3. The van der Waals surface area contributed by atoms with Crippen molar-refractivity contribution in [1.82, 2.24) is 15.1 Å². The standard InChI is InChI=1S/C24H30N4O3/c29-23(10-12-28-21-8-4-5-9-22(21)31-19-24(28)30)25-11-13-26-14-16-27(17-15-26)18-20-6-2-1-3-7-20/h1-9H,10-19H2,(H,25,29). The Morgan fingerprint density at radius 2 is 1.61 bits per heavy atom. The highest BCUT2D eigenvalue weighted by atomic mass is 16.5. The molecule has 2 heterocycles. The zero-order valence-electron chi connectivity index (χ0n) is 17.8. The molecule has 2 aliphatic rings. The number of anilines is 1. The van der Waals surface area contributed by atoms with E-state index < -0.39 is 0 Å². The predicted molar refractivity (Wildman–Crippen MR) is 120 cm³/mol. The van der Waals surface area contributed by atoms with Crippen molar-refractivity contribution in [1.29, 1.82) is 0 Å². The van der Waals surface area contributed by atoms with E-state index in [-0.39, 0.29) is 24.8 Å². The van der Waals surface area contributed by atoms with Gasteiger partial charge in [0.05, 0.1) is 5.69 Å². The van der Waals surface area contributed by atoms with Crippen LogP contribution in [-0.4, -0.2) is 74.0 Å². The molecule has 0 aliphatic carbocycles. The first-order valence-corrected chi connectivity index (χ1v) is 11.0. The zero-order valence-corrected chi connectivity index (χ0v) is 17.8. The van der Waals surface area contributed by atoms with Crippen LogP contribution >= 0.6 is 0 Å². The van der Waals surface area contributed by atoms with Crippen LogP contribution in [0, 0.1) is 0 Å². The van der Waals surface area contributed by atoms with Gasteiger partial charge in [0.15, 0.2) is 6.61 Å². The quantitative estimate of drug-likeness (QED) is 0.702. The molecular formula is C24H30N4O3. The summed E-state index contributed by atoms with van der Waals surface area (Å²) in [6.45, 7) is 6.98. The third-order valence-corrected chi connectivity index (χ3v) is 5.83. The Labute approximate surface area is 183 Å². The number of nitrogens with one attached hydrogen (secondary N) is 1. The van der Waals surface area contributed by atoms with E-state index in [9.17, 15) is 9.59 Å². The van der Waals surface area contributed by atoms with Gasteiger partial charge in [0.2, 0.25) is 5.91 Å². The largest absolute Gasteiger partial charge is 0.482 e. The molecule has 7 nitrogen and oxygen atoms in total. The third-order valence-electron chi connectivity index (χ3n) is 5.83. The van der Waals surface area contributed by atoms with Crippen molar-refractivity contribution in [2.24, 2.45) is 0 Å². The lowest BCUT2D eigenvalue weighted by Gasteiger charge is -2.34. The van der Waals surface area contributed by atoms with Crippen molar-refractivity contribution in [3.05, 3.63) is 60.2 Å². The van der Waals surface area contributed by atoms with Gasteiger partial charge < -0.3 is 15.0 Å². The minimum atomic E-state index is -0.111. The van der Waals surface area contributed by atoms with Crippen LogP contribution in [0.25, 0.3) is 0 Å². The van der Waals surface area contributed by atoms with Gasteiger partial charge >= 0.3 is 0 Å². The van der Waals surface area contributed by atoms with Crippen LogP contribution in [-0.2, 0) is 16.1 Å². The number of ether oxygens (including phenoxy) is 1. The zero-order chi connectivity index (χ0) is 21.5. The lowest BCUT2D eigenvalue weighted by molar-refractivity contribution is -0.122. The number of nitrogens with zero attached hydrogens (tertiary/aromatic N) is 3. The summed E-state index contributed by atoms with van der Waals surface area (Å²) in [5.74, 6) is 0.549. The Morgan fingerprint density at radius 1 is 0.903 bits per heavy atom. The molecule has 31 heavy (non-hydrogen) atoms. The van der Waals surface area contributed by atoms with E-state index >= 15 is 0 Å². The lowest BCUT2D eigenvalue weighted by Crippen LogP contribution is -2.48. The topological polar surface area (TPSA) is 65.1 Å². The van der Waals surface area contributed by atoms with Gasteiger partial charge in [-0.15, -0.1) is 0 Å². The maximum absolute atomic E-state index is 12.3. The average Bonchev–Trinajstić information content (AvgIpc) is 2.80. The fraction of sp³-hybridized carbons (Fsp3) is 0.417. The summed E-state index contributed by atoms with van der Waals surface area (Å²) in [6, 6.07) is 18.0. The van der Waals surface area contributed by atoms with E-state index in [1.54, 1.807) is 4.90 Å². The van der Waals surface area contributed by atoms with Crippen molar-refractivity contribution in [3.63, 3.8) is 0 Å². The molecule has 2 aromatic rings. The summed E-state index contributed by atoms with van der Waals surface area (Å²) in [5, 5.41) is 3.00. The number of amides is 2. The summed E-state index contributed by atoms with van der Waals surface area (Å²) in [6.07, 6.45) is 0.283. The molecule has 4 rings (SSSR count). The van der Waals surface area contributed by atoms with Crippen LogP contribution in [0.3, 0.4) is 0 Å². The Hall–Kier alpha value is -2.90. The molecule has 0 atom stereocenters. The molecule has 1 fully saturated rings. The number of carbonyl (C=O) groups is 2. The molecule has 2 aliphatic heterocycles. The summed E-state index contributed by atoms with van der Waals surface area (Å²) in [5.41, 5.74) is 2.09. The van der Waals surface area contributed by atoms with Crippen molar-refractivity contribution in [2.45, 2.75) is 13.0 Å². The molecule has 0 aromatic heterocycles. The molecule has 2 amide bonds. The predicted octanol–water partition coefficient (Wildman–Crippen LogP) is 1.74. The van der Waals surface area contributed by atoms with E-state index in [0.717, 1.165) is 45.0 Å². The highest BCUT2D eigenvalue weighted by Gasteiger charge is 2.25. The second kappa shape index (κ2) is 10.4. The smallest absolute Gasteiger partial charge is 0.265 e. The molecule has 1 N–H and O–H groups in total. The normalized spacial score (nSPS) is 17.2. The maximum Gasteiger partial charge on any atom is 0.265 e. The van der Waals surface area contributed by atoms with E-state index in [1.165, 1.54) is 5.56 Å². The van der Waals surface area contributed by atoms with E-state index in [2.05, 4.69) is 39.4 Å². The molecular weight excluding hydrogens is 392 g/mol. The Kier molecular flexibility index (Phi) is 7.17. The Morgan fingerprint density at radius 3 is 2.42 bits per heavy atom. The minimum Gasteiger partial charge on any atom is -0.482 e. The van der Waals surface area contributed by atoms with Crippen molar-refractivity contribution >= 4 is 17.5 Å². The fourth-order valence-electron chi connectivity index (χ4n) is 4.07.